The largest absolute Gasteiger partial charge is 0.480 e. The van der Waals surface area contributed by atoms with Crippen LogP contribution < -0.4 is 0 Å². The number of rotatable bonds is 4. The number of hydrogen-bond donors (Lipinski definition) is 1. The summed E-state index contributed by atoms with van der Waals surface area (Å²) in [5.74, 6) is 0.697. The monoisotopic (exact) mass is 227 g/mol. The van der Waals surface area contributed by atoms with Crippen molar-refractivity contribution in [3.63, 3.8) is 0 Å². The van der Waals surface area contributed by atoms with E-state index >= 15 is 0 Å². The average Bonchev–Trinajstić information content (AvgIpc) is 2.95. The summed E-state index contributed by atoms with van der Waals surface area (Å²) in [6.45, 7) is 1.65. The third kappa shape index (κ3) is 2.14. The number of hydrogen-bond acceptors (Lipinski definition) is 4. The van der Waals surface area contributed by atoms with Crippen molar-refractivity contribution in [3.8, 4) is 0 Å². The quantitative estimate of drug-likeness (QED) is 0.784. The van der Waals surface area contributed by atoms with E-state index in [2.05, 4.69) is 10.2 Å². The molecule has 1 saturated carbocycles. The fraction of sp³-hybridized carbons (Fsp3) is 0.667. The molecule has 5 nitrogen and oxygen atoms in total. The fourth-order valence-electron chi connectivity index (χ4n) is 1.33. The Morgan fingerprint density at radius 3 is 2.80 bits per heavy atom. The first-order chi connectivity index (χ1) is 7.09. The van der Waals surface area contributed by atoms with E-state index in [0.717, 1.165) is 5.82 Å². The van der Waals surface area contributed by atoms with Gasteiger partial charge >= 0.3 is 5.97 Å². The molecule has 1 fully saturated rings. The molecule has 0 amide bonds. The minimum absolute atomic E-state index is 0.486. The molecule has 0 radical (unpaired) electrons. The van der Waals surface area contributed by atoms with Gasteiger partial charge in [-0.25, -0.2) is 0 Å². The molecule has 6 heteroatoms. The summed E-state index contributed by atoms with van der Waals surface area (Å²) in [7, 11) is 1.89. The van der Waals surface area contributed by atoms with Gasteiger partial charge in [-0.3, -0.25) is 4.79 Å². The number of carboxylic acid groups (broad SMARTS) is 1. The number of carbonyl (C=O) groups is 1. The Labute approximate surface area is 91.9 Å². The molecule has 1 heterocycles. The van der Waals surface area contributed by atoms with E-state index in [9.17, 15) is 4.79 Å². The highest BCUT2D eigenvalue weighted by atomic mass is 32.2. The zero-order valence-electron chi connectivity index (χ0n) is 8.67. The summed E-state index contributed by atoms with van der Waals surface area (Å²) in [5.41, 5.74) is 0. The van der Waals surface area contributed by atoms with Crippen LogP contribution >= 0.6 is 11.8 Å². The Morgan fingerprint density at radius 1 is 1.60 bits per heavy atom. The van der Waals surface area contributed by atoms with Gasteiger partial charge in [-0.05, 0) is 19.8 Å². The third-order valence-electron chi connectivity index (χ3n) is 2.44. The third-order valence-corrected chi connectivity index (χ3v) is 3.56. The molecule has 1 aromatic rings. The minimum Gasteiger partial charge on any atom is -0.480 e. The van der Waals surface area contributed by atoms with Gasteiger partial charge in [0.15, 0.2) is 5.16 Å². The Balaban J connectivity index is 2.11. The number of nitrogens with zero attached hydrogens (tertiary/aromatic N) is 3. The number of aliphatic carboxylic acids is 1. The van der Waals surface area contributed by atoms with Crippen LogP contribution in [-0.2, 0) is 11.8 Å². The molecule has 1 N–H and O–H groups in total. The second kappa shape index (κ2) is 3.84. The van der Waals surface area contributed by atoms with Crippen LogP contribution in [0.25, 0.3) is 0 Å². The van der Waals surface area contributed by atoms with Gasteiger partial charge in [0, 0.05) is 13.0 Å². The van der Waals surface area contributed by atoms with Crippen molar-refractivity contribution in [1.82, 2.24) is 14.8 Å². The highest BCUT2D eigenvalue weighted by Gasteiger charge is 2.29. The number of carboxylic acids is 1. The van der Waals surface area contributed by atoms with Crippen LogP contribution in [0.5, 0.6) is 0 Å². The maximum atomic E-state index is 10.7. The number of aromatic nitrogens is 3. The van der Waals surface area contributed by atoms with Gasteiger partial charge in [-0.2, -0.15) is 0 Å². The summed E-state index contributed by atoms with van der Waals surface area (Å²) in [5, 5.41) is 17.1. The van der Waals surface area contributed by atoms with Crippen molar-refractivity contribution in [2.24, 2.45) is 7.05 Å². The van der Waals surface area contributed by atoms with E-state index in [1.54, 1.807) is 6.92 Å². The van der Waals surface area contributed by atoms with E-state index in [1.807, 2.05) is 11.6 Å². The van der Waals surface area contributed by atoms with E-state index in [1.165, 1.54) is 24.6 Å². The van der Waals surface area contributed by atoms with E-state index in [0.29, 0.717) is 11.1 Å². The Kier molecular flexibility index (Phi) is 2.68. The molecule has 0 aromatic carbocycles. The van der Waals surface area contributed by atoms with Gasteiger partial charge in [0.25, 0.3) is 0 Å². The molecule has 1 atom stereocenters. The lowest BCUT2D eigenvalue weighted by Crippen LogP contribution is -2.12. The van der Waals surface area contributed by atoms with Crippen LogP contribution in [0.1, 0.15) is 31.5 Å². The van der Waals surface area contributed by atoms with Gasteiger partial charge in [-0.15, -0.1) is 10.2 Å². The molecule has 15 heavy (non-hydrogen) atoms. The molecule has 0 bridgehead atoms. The maximum Gasteiger partial charge on any atom is 0.316 e. The molecule has 0 saturated heterocycles. The van der Waals surface area contributed by atoms with E-state index in [4.69, 9.17) is 5.11 Å². The summed E-state index contributed by atoms with van der Waals surface area (Å²) in [6, 6.07) is 0. The first kappa shape index (κ1) is 10.5. The molecule has 1 aliphatic rings. The predicted octanol–water partition coefficient (Wildman–Crippen LogP) is 1.26. The molecule has 0 aliphatic heterocycles. The van der Waals surface area contributed by atoms with Gasteiger partial charge in [-0.1, -0.05) is 11.8 Å². The summed E-state index contributed by atoms with van der Waals surface area (Å²) in [4.78, 5) is 10.7. The predicted molar refractivity (Wildman–Crippen MR) is 55.9 cm³/mol. The molecular weight excluding hydrogens is 214 g/mol. The maximum absolute atomic E-state index is 10.7. The zero-order valence-corrected chi connectivity index (χ0v) is 9.49. The molecule has 2 rings (SSSR count). The average molecular weight is 227 g/mol. The van der Waals surface area contributed by atoms with Crippen LogP contribution in [0.15, 0.2) is 5.16 Å². The molecule has 1 aliphatic carbocycles. The van der Waals surface area contributed by atoms with Gasteiger partial charge in [0.05, 0.1) is 0 Å². The van der Waals surface area contributed by atoms with Crippen molar-refractivity contribution in [1.29, 1.82) is 0 Å². The van der Waals surface area contributed by atoms with E-state index < -0.39 is 11.2 Å². The van der Waals surface area contributed by atoms with Crippen LogP contribution in [-0.4, -0.2) is 31.1 Å². The summed E-state index contributed by atoms with van der Waals surface area (Å²) in [6.07, 6.45) is 2.34. The van der Waals surface area contributed by atoms with Crippen molar-refractivity contribution >= 4 is 17.7 Å². The number of thioether (sulfide) groups is 1. The van der Waals surface area contributed by atoms with Crippen LogP contribution in [0.4, 0.5) is 0 Å². The summed E-state index contributed by atoms with van der Waals surface area (Å²) >= 11 is 1.23. The van der Waals surface area contributed by atoms with Gasteiger partial charge in [0.1, 0.15) is 11.1 Å². The minimum atomic E-state index is -0.823. The Bertz CT molecular complexity index is 387. The molecule has 1 unspecified atom stereocenters. The van der Waals surface area contributed by atoms with Crippen molar-refractivity contribution in [2.45, 2.75) is 36.1 Å². The van der Waals surface area contributed by atoms with Gasteiger partial charge < -0.3 is 9.67 Å². The van der Waals surface area contributed by atoms with Crippen LogP contribution in [0.2, 0.25) is 0 Å². The molecule has 1 aromatic heterocycles. The lowest BCUT2D eigenvalue weighted by Gasteiger charge is -2.05. The molecule has 82 valence electrons. The van der Waals surface area contributed by atoms with Gasteiger partial charge in [0.2, 0.25) is 0 Å². The fourth-order valence-corrected chi connectivity index (χ4v) is 2.09. The first-order valence-corrected chi connectivity index (χ1v) is 5.76. The standard InChI is InChI=1S/C9H13N3O2S/c1-5(8(13)14)15-9-11-10-7(12(9)2)6-3-4-6/h5-6H,3-4H2,1-2H3,(H,13,14). The SMILES string of the molecule is CC(Sc1nnc(C2CC2)n1C)C(=O)O. The first-order valence-electron chi connectivity index (χ1n) is 4.88. The smallest absolute Gasteiger partial charge is 0.316 e. The molecule has 0 spiro atoms. The van der Waals surface area contributed by atoms with Crippen molar-refractivity contribution < 1.29 is 9.90 Å². The Morgan fingerprint density at radius 2 is 2.27 bits per heavy atom. The Hall–Kier alpha value is -1.04. The second-order valence-corrected chi connectivity index (χ2v) is 5.08. The topological polar surface area (TPSA) is 68.0 Å². The van der Waals surface area contributed by atoms with Crippen LogP contribution in [0, 0.1) is 0 Å². The van der Waals surface area contributed by atoms with Crippen LogP contribution in [0.3, 0.4) is 0 Å². The normalized spacial score (nSPS) is 17.7. The summed E-state index contributed by atoms with van der Waals surface area (Å²) < 4.78 is 1.90. The van der Waals surface area contributed by atoms with E-state index in [-0.39, 0.29) is 0 Å². The van der Waals surface area contributed by atoms with Crippen molar-refractivity contribution in [3.05, 3.63) is 5.82 Å². The lowest BCUT2D eigenvalue weighted by atomic mass is 10.4. The highest BCUT2D eigenvalue weighted by Crippen LogP contribution is 2.39. The second-order valence-electron chi connectivity index (χ2n) is 3.77. The molecular formula is C9H13N3O2S. The zero-order chi connectivity index (χ0) is 11.0. The highest BCUT2D eigenvalue weighted by molar-refractivity contribution is 8.00. The lowest BCUT2D eigenvalue weighted by molar-refractivity contribution is -0.136. The van der Waals surface area contributed by atoms with Crippen molar-refractivity contribution in [2.75, 3.05) is 0 Å².